The van der Waals surface area contributed by atoms with Crippen molar-refractivity contribution in [2.45, 2.75) is 20.8 Å². The number of carbonyl (C=O) groups is 2. The molecule has 1 aliphatic rings. The highest BCUT2D eigenvalue weighted by molar-refractivity contribution is 14.1. The average molecular weight is 636 g/mol. The molecular weight excluding hydrogens is 616 g/mol. The van der Waals surface area contributed by atoms with Gasteiger partial charge < -0.3 is 0 Å². The second kappa shape index (κ2) is 8.70. The van der Waals surface area contributed by atoms with Gasteiger partial charge in [0.1, 0.15) is 0 Å². The minimum atomic E-state index is -0.168. The number of hydrogen-bond donors (Lipinski definition) is 0. The number of allylic oxidation sites excluding steroid dienone is 1. The number of carbonyl (C=O) groups excluding carboxylic acids is 2. The van der Waals surface area contributed by atoms with E-state index >= 15 is 0 Å². The number of fused-ring (bicyclic) bond motifs is 2. The molecule has 2 aromatic heterocycles. The van der Waals surface area contributed by atoms with E-state index in [1.807, 2.05) is 26.0 Å². The van der Waals surface area contributed by atoms with Gasteiger partial charge in [-0.05, 0) is 106 Å². The summed E-state index contributed by atoms with van der Waals surface area (Å²) in [6.07, 6.45) is 1.77. The maximum Gasteiger partial charge on any atom is 0.197 e. The van der Waals surface area contributed by atoms with E-state index in [1.165, 1.54) is 44.9 Å². The van der Waals surface area contributed by atoms with E-state index in [1.54, 1.807) is 28.7 Å². The van der Waals surface area contributed by atoms with Gasteiger partial charge in [-0.2, -0.15) is 0 Å². The quantitative estimate of drug-likeness (QED) is 0.115. The summed E-state index contributed by atoms with van der Waals surface area (Å²) in [5, 5.41) is 3.63. The number of thiophene rings is 2. The summed E-state index contributed by atoms with van der Waals surface area (Å²) in [4.78, 5) is 28.0. The second-order valence-electron chi connectivity index (χ2n) is 8.24. The molecule has 2 nitrogen and oxygen atoms in total. The zero-order chi connectivity index (χ0) is 23.8. The zero-order valence-corrected chi connectivity index (χ0v) is 25.4. The van der Waals surface area contributed by atoms with Gasteiger partial charge in [-0.15, -0.1) is 50.4 Å². The largest absolute Gasteiger partial charge is 0.288 e. The summed E-state index contributed by atoms with van der Waals surface area (Å²) >= 11 is 5.78. The fourth-order valence-corrected chi connectivity index (χ4v) is 9.08. The Hall–Kier alpha value is -0.800. The van der Waals surface area contributed by atoms with Gasteiger partial charge in [0.05, 0.1) is 5.57 Å². The maximum atomic E-state index is 12.9. The van der Waals surface area contributed by atoms with Crippen molar-refractivity contribution in [3.8, 4) is 10.4 Å². The van der Waals surface area contributed by atoms with E-state index in [2.05, 4.69) is 69.4 Å². The molecule has 1 aliphatic carbocycles. The van der Waals surface area contributed by atoms with Crippen LogP contribution in [0.1, 0.15) is 42.3 Å². The van der Waals surface area contributed by atoms with Crippen LogP contribution in [0.5, 0.6) is 0 Å². The molecule has 0 radical (unpaired) electrons. The first kappa shape index (κ1) is 23.9. The molecule has 166 valence electrons. The van der Waals surface area contributed by atoms with Crippen molar-refractivity contribution in [1.29, 1.82) is 0 Å². The first-order chi connectivity index (χ1) is 15.6. The van der Waals surface area contributed by atoms with Crippen LogP contribution in [0.2, 0.25) is 0 Å². The molecule has 0 bridgehead atoms. The molecule has 5 rings (SSSR count). The van der Waals surface area contributed by atoms with Crippen LogP contribution in [-0.2, 0) is 0 Å². The lowest BCUT2D eigenvalue weighted by Crippen LogP contribution is -2.25. The summed E-state index contributed by atoms with van der Waals surface area (Å²) < 4.78 is 3.59. The molecule has 0 spiro atoms. The lowest BCUT2D eigenvalue weighted by atomic mass is 10.0. The highest BCUT2D eigenvalue weighted by atomic mass is 127. The van der Waals surface area contributed by atoms with Crippen LogP contribution in [0.15, 0.2) is 29.8 Å². The van der Waals surface area contributed by atoms with E-state index in [4.69, 9.17) is 0 Å². The van der Waals surface area contributed by atoms with Gasteiger partial charge in [-0.1, -0.05) is 0 Å². The summed E-state index contributed by atoms with van der Waals surface area (Å²) in [6, 6.07) is 8.00. The van der Waals surface area contributed by atoms with Crippen LogP contribution < -0.4 is 15.9 Å². The van der Waals surface area contributed by atoms with Crippen LogP contribution in [0.3, 0.4) is 0 Å². The monoisotopic (exact) mass is 636 g/mol. The molecule has 0 aliphatic heterocycles. The Labute approximate surface area is 221 Å². The summed E-state index contributed by atoms with van der Waals surface area (Å²) in [6.45, 7) is 6.08. The molecule has 4 aromatic rings. The summed E-state index contributed by atoms with van der Waals surface area (Å²) in [5.41, 5.74) is 5.90. The standard InChI is InChI=1S/C25H20IO2P3S2/c1-9-4-13-14(5-10(9)2)22(28)15(21(13)27)6-12-7-16-17(32-12)8-18(33-16)19-24(30)20(26)11(3)23(29)25(19)31/h4-8H,29-31H2,1-3H3. The van der Waals surface area contributed by atoms with Crippen molar-refractivity contribution in [3.63, 3.8) is 0 Å². The van der Waals surface area contributed by atoms with Gasteiger partial charge >= 0.3 is 0 Å². The molecule has 33 heavy (non-hydrogen) atoms. The van der Waals surface area contributed by atoms with Gasteiger partial charge in [-0.25, -0.2) is 0 Å². The Morgan fingerprint density at radius 2 is 1.36 bits per heavy atom. The predicted molar refractivity (Wildman–Crippen MR) is 163 cm³/mol. The highest BCUT2D eigenvalue weighted by Gasteiger charge is 2.33. The Balaban J connectivity index is 1.55. The van der Waals surface area contributed by atoms with Crippen LogP contribution in [0, 0.1) is 24.3 Å². The summed E-state index contributed by atoms with van der Waals surface area (Å²) in [5.74, 6) is -0.337. The smallest absolute Gasteiger partial charge is 0.197 e. The molecule has 0 amide bonds. The van der Waals surface area contributed by atoms with Crippen molar-refractivity contribution < 1.29 is 9.59 Å². The number of aryl methyl sites for hydroxylation is 2. The Kier molecular flexibility index (Phi) is 6.30. The third-order valence-electron chi connectivity index (χ3n) is 6.17. The van der Waals surface area contributed by atoms with Gasteiger partial charge in [0.25, 0.3) is 0 Å². The van der Waals surface area contributed by atoms with Gasteiger partial charge in [0, 0.05) is 39.4 Å². The van der Waals surface area contributed by atoms with Gasteiger partial charge in [0.2, 0.25) is 0 Å². The number of halogens is 1. The fraction of sp³-hybridized carbons (Fsp3) is 0.120. The number of benzene rings is 2. The minimum Gasteiger partial charge on any atom is -0.288 e. The predicted octanol–water partition coefficient (Wildman–Crippen LogP) is 6.12. The molecule has 0 saturated heterocycles. The first-order valence-electron chi connectivity index (χ1n) is 10.2. The molecule has 0 fully saturated rings. The highest BCUT2D eigenvalue weighted by Crippen LogP contribution is 2.40. The average Bonchev–Trinajstić information content (AvgIpc) is 3.39. The van der Waals surface area contributed by atoms with E-state index in [0.29, 0.717) is 11.1 Å². The normalized spacial score (nSPS) is 13.4. The zero-order valence-electron chi connectivity index (χ0n) is 18.1. The molecular formula is C25H20IO2P3S2. The SMILES string of the molecule is Cc1cc2c(cc1C)C(=O)C(=Cc1cc3sc(-c4c(P)c(P)c(C)c(I)c4P)cc3s1)C2=O. The lowest BCUT2D eigenvalue weighted by Gasteiger charge is -2.16. The molecule has 0 N–H and O–H groups in total. The first-order valence-corrected chi connectivity index (χ1v) is 14.6. The minimum absolute atomic E-state index is 0.168. The number of Topliss-reactive ketones (excluding diaryl/α,β-unsaturated/α-hetero) is 2. The Morgan fingerprint density at radius 3 is 1.94 bits per heavy atom. The maximum absolute atomic E-state index is 12.9. The van der Waals surface area contributed by atoms with Crippen molar-refractivity contribution in [2.24, 2.45) is 0 Å². The number of rotatable bonds is 2. The van der Waals surface area contributed by atoms with Crippen LogP contribution >= 0.6 is 73.0 Å². The molecule has 2 aromatic carbocycles. The lowest BCUT2D eigenvalue weighted by molar-refractivity contribution is 0.0990. The Bertz CT molecular complexity index is 1470. The molecule has 2 heterocycles. The number of ketones is 2. The van der Waals surface area contributed by atoms with Crippen LogP contribution in [-0.4, -0.2) is 11.6 Å². The Morgan fingerprint density at radius 1 is 0.788 bits per heavy atom. The van der Waals surface area contributed by atoms with Crippen LogP contribution in [0.4, 0.5) is 0 Å². The third-order valence-corrected chi connectivity index (χ3v) is 12.7. The molecule has 8 heteroatoms. The van der Waals surface area contributed by atoms with Crippen molar-refractivity contribution in [3.05, 3.63) is 66.1 Å². The number of hydrogen-bond acceptors (Lipinski definition) is 4. The molecule has 0 saturated carbocycles. The molecule has 3 atom stereocenters. The fourth-order valence-electron chi connectivity index (χ4n) is 4.08. The molecule has 3 unspecified atom stereocenters. The summed E-state index contributed by atoms with van der Waals surface area (Å²) in [7, 11) is 8.67. The van der Waals surface area contributed by atoms with Crippen molar-refractivity contribution in [1.82, 2.24) is 0 Å². The van der Waals surface area contributed by atoms with E-state index in [9.17, 15) is 9.59 Å². The van der Waals surface area contributed by atoms with Gasteiger partial charge in [0.15, 0.2) is 11.6 Å². The van der Waals surface area contributed by atoms with Crippen LogP contribution in [0.25, 0.3) is 25.9 Å². The van der Waals surface area contributed by atoms with E-state index in [0.717, 1.165) is 16.0 Å². The van der Waals surface area contributed by atoms with Crippen molar-refractivity contribution >= 4 is 116 Å². The van der Waals surface area contributed by atoms with Gasteiger partial charge in [-0.3, -0.25) is 9.59 Å². The van der Waals surface area contributed by atoms with E-state index in [-0.39, 0.29) is 17.1 Å². The topological polar surface area (TPSA) is 34.1 Å². The third kappa shape index (κ3) is 3.84. The van der Waals surface area contributed by atoms with E-state index < -0.39 is 0 Å². The second-order valence-corrected chi connectivity index (χ2v) is 13.3. The van der Waals surface area contributed by atoms with Crippen molar-refractivity contribution in [2.75, 3.05) is 0 Å².